The number of hydrogen-bond donors (Lipinski definition) is 0. The lowest BCUT2D eigenvalue weighted by molar-refractivity contribution is -0.770. The molecule has 0 bridgehead atoms. The number of rotatable bonds is 2. The zero-order valence-corrected chi connectivity index (χ0v) is 6.85. The largest absolute Gasteiger partial charge is 0.342 e. The van der Waals surface area contributed by atoms with Gasteiger partial charge in [0.05, 0.1) is 14.1 Å². The minimum absolute atomic E-state index is 0.0347. The normalized spacial score (nSPS) is 10.7. The van der Waals surface area contributed by atoms with Crippen molar-refractivity contribution in [2.75, 3.05) is 14.1 Å². The van der Waals surface area contributed by atoms with Crippen molar-refractivity contribution in [2.45, 2.75) is 6.92 Å². The fourth-order valence-corrected chi connectivity index (χ4v) is 0.416. The first kappa shape index (κ1) is 9.11. The van der Waals surface area contributed by atoms with Gasteiger partial charge in [-0.3, -0.25) is 0 Å². The second kappa shape index (κ2) is 2.80. The van der Waals surface area contributed by atoms with Crippen LogP contribution >= 0.6 is 0 Å². The molecule has 0 aliphatic rings. The molecule has 0 saturated heterocycles. The highest BCUT2D eigenvalue weighted by Crippen LogP contribution is 2.08. The molecule has 0 aliphatic carbocycles. The molecule has 0 aromatic carbocycles. The maximum absolute atomic E-state index is 11.1. The summed E-state index contributed by atoms with van der Waals surface area (Å²) in [5.41, 5.74) is 0.810. The molecule has 0 aromatic heterocycles. The summed E-state index contributed by atoms with van der Waals surface area (Å²) in [7, 11) is 3.57. The fourth-order valence-electron chi connectivity index (χ4n) is 0.416. The second-order valence-electron chi connectivity index (χ2n) is 2.73. The molecule has 0 N–H and O–H groups in total. The maximum atomic E-state index is 11.1. The minimum Gasteiger partial charge on any atom is -0.234 e. The van der Waals surface area contributed by atoms with Crippen molar-refractivity contribution < 1.29 is 9.28 Å². The van der Waals surface area contributed by atoms with Crippen LogP contribution in [-0.2, 0) is 4.79 Å². The highest BCUT2D eigenvalue weighted by molar-refractivity contribution is 5.81. The van der Waals surface area contributed by atoms with Gasteiger partial charge in [-0.25, -0.2) is 9.28 Å². The van der Waals surface area contributed by atoms with Crippen LogP contribution in [0, 0.1) is 0 Å². The molecule has 0 atom stereocenters. The molecule has 0 fully saturated rings. The molecule has 0 radical (unpaired) electrons. The predicted octanol–water partition coefficient (Wildman–Crippen LogP) is 1.31. The van der Waals surface area contributed by atoms with Crippen molar-refractivity contribution in [3.05, 3.63) is 24.9 Å². The van der Waals surface area contributed by atoms with Gasteiger partial charge >= 0.3 is 5.91 Å². The van der Waals surface area contributed by atoms with Crippen LogP contribution in [-0.4, -0.2) is 24.5 Å². The summed E-state index contributed by atoms with van der Waals surface area (Å²) < 4.78 is 0.184. The van der Waals surface area contributed by atoms with Gasteiger partial charge in [0.25, 0.3) is 0 Å². The topological polar surface area (TPSA) is 17.1 Å². The van der Waals surface area contributed by atoms with E-state index in [9.17, 15) is 4.79 Å². The number of nitrogens with zero attached hydrogens (tertiary/aromatic N) is 1. The van der Waals surface area contributed by atoms with Crippen LogP contribution in [0.15, 0.2) is 24.9 Å². The Morgan fingerprint density at radius 3 is 2.00 bits per heavy atom. The molecule has 0 aromatic rings. The number of amides is 1. The molecule has 0 spiro atoms. The van der Waals surface area contributed by atoms with Crippen LogP contribution < -0.4 is 0 Å². The van der Waals surface area contributed by atoms with E-state index in [-0.39, 0.29) is 10.4 Å². The van der Waals surface area contributed by atoms with Crippen molar-refractivity contribution >= 4 is 5.91 Å². The smallest absolute Gasteiger partial charge is 0.234 e. The van der Waals surface area contributed by atoms with Gasteiger partial charge in [0, 0.05) is 13.0 Å². The number of allylic oxidation sites excluding steroid dienone is 1. The van der Waals surface area contributed by atoms with Gasteiger partial charge in [-0.1, -0.05) is 6.58 Å². The zero-order valence-electron chi connectivity index (χ0n) is 6.85. The lowest BCUT2D eigenvalue weighted by Crippen LogP contribution is -2.41. The van der Waals surface area contributed by atoms with E-state index in [4.69, 9.17) is 0 Å². The summed E-state index contributed by atoms with van der Waals surface area (Å²) in [6.45, 7) is 8.92. The lowest BCUT2D eigenvalue weighted by atomic mass is 10.3. The Kier molecular flexibility index (Phi) is 2.55. The Morgan fingerprint density at radius 1 is 1.50 bits per heavy atom. The Balaban J connectivity index is 4.55. The van der Waals surface area contributed by atoms with E-state index in [1.807, 2.05) is 6.92 Å². The molecule has 2 nitrogen and oxygen atoms in total. The van der Waals surface area contributed by atoms with Crippen molar-refractivity contribution in [1.82, 2.24) is 0 Å². The fraction of sp³-hybridized carbons (Fsp3) is 0.375. The number of carbonyl (C=O) groups is 1. The van der Waals surface area contributed by atoms with Crippen LogP contribution in [0.2, 0.25) is 0 Å². The summed E-state index contributed by atoms with van der Waals surface area (Å²) >= 11 is 0. The third-order valence-corrected chi connectivity index (χ3v) is 1.68. The molecule has 56 valence electrons. The second-order valence-corrected chi connectivity index (χ2v) is 2.73. The quantitative estimate of drug-likeness (QED) is 0.417. The van der Waals surface area contributed by atoms with Crippen molar-refractivity contribution in [3.8, 4) is 0 Å². The van der Waals surface area contributed by atoms with Crippen LogP contribution in [0.25, 0.3) is 0 Å². The van der Waals surface area contributed by atoms with Gasteiger partial charge in [-0.05, 0) is 6.58 Å². The molecule has 2 heteroatoms. The first-order valence-corrected chi connectivity index (χ1v) is 3.10. The van der Waals surface area contributed by atoms with Gasteiger partial charge in [0.15, 0.2) is 0 Å². The maximum Gasteiger partial charge on any atom is 0.342 e. The zero-order chi connectivity index (χ0) is 8.36. The van der Waals surface area contributed by atoms with Gasteiger partial charge in [0.2, 0.25) is 0 Å². The molecule has 0 unspecified atom stereocenters. The van der Waals surface area contributed by atoms with E-state index in [0.717, 1.165) is 5.70 Å². The molecule has 0 saturated carbocycles. The number of quaternary nitrogens is 1. The van der Waals surface area contributed by atoms with Crippen molar-refractivity contribution in [2.24, 2.45) is 0 Å². The van der Waals surface area contributed by atoms with Gasteiger partial charge in [0.1, 0.15) is 5.70 Å². The first-order valence-electron chi connectivity index (χ1n) is 3.10. The molecule has 1 amide bonds. The Labute approximate surface area is 62.0 Å². The number of hydrogen-bond acceptors (Lipinski definition) is 1. The molecule has 0 aliphatic heterocycles. The highest BCUT2D eigenvalue weighted by Gasteiger charge is 2.24. The van der Waals surface area contributed by atoms with Crippen molar-refractivity contribution in [1.29, 1.82) is 0 Å². The van der Waals surface area contributed by atoms with E-state index in [1.165, 1.54) is 6.08 Å². The number of carbonyl (C=O) groups excluding carboxylic acids is 1. The van der Waals surface area contributed by atoms with Crippen LogP contribution in [0.3, 0.4) is 0 Å². The van der Waals surface area contributed by atoms with Gasteiger partial charge < -0.3 is 0 Å². The first-order chi connectivity index (χ1) is 4.42. The van der Waals surface area contributed by atoms with E-state index in [1.54, 1.807) is 14.1 Å². The third-order valence-electron chi connectivity index (χ3n) is 1.68. The Morgan fingerprint density at radius 2 is 1.90 bits per heavy atom. The SMILES string of the molecule is C=CC(=O)[N+](C)(C)C(=C)C. The van der Waals surface area contributed by atoms with Gasteiger partial charge in [-0.2, -0.15) is 0 Å². The summed E-state index contributed by atoms with van der Waals surface area (Å²) in [6.07, 6.45) is 1.31. The van der Waals surface area contributed by atoms with E-state index >= 15 is 0 Å². The summed E-state index contributed by atoms with van der Waals surface area (Å²) in [6, 6.07) is 0. The summed E-state index contributed by atoms with van der Waals surface area (Å²) in [5.74, 6) is -0.0347. The van der Waals surface area contributed by atoms with Crippen LogP contribution in [0.4, 0.5) is 0 Å². The molecular formula is C8H14NO+. The third kappa shape index (κ3) is 1.54. The van der Waals surface area contributed by atoms with E-state index < -0.39 is 0 Å². The summed E-state index contributed by atoms with van der Waals surface area (Å²) in [5, 5.41) is 0. The average molecular weight is 140 g/mol. The summed E-state index contributed by atoms with van der Waals surface area (Å²) in [4.78, 5) is 11.1. The Hall–Kier alpha value is -0.890. The van der Waals surface area contributed by atoms with Gasteiger partial charge in [-0.15, -0.1) is 0 Å². The van der Waals surface area contributed by atoms with E-state index in [0.29, 0.717) is 0 Å². The predicted molar refractivity (Wildman–Crippen MR) is 42.1 cm³/mol. The van der Waals surface area contributed by atoms with Crippen LogP contribution in [0.5, 0.6) is 0 Å². The molecular weight excluding hydrogens is 126 g/mol. The minimum atomic E-state index is -0.0347. The molecule has 0 rings (SSSR count). The number of likely N-dealkylation sites (N-methyl/N-ethyl adjacent to an activating group) is 1. The highest BCUT2D eigenvalue weighted by atomic mass is 16.2. The average Bonchev–Trinajstić information content (AvgIpc) is 1.86. The molecule has 10 heavy (non-hydrogen) atoms. The monoisotopic (exact) mass is 140 g/mol. The lowest BCUT2D eigenvalue weighted by Gasteiger charge is -2.24. The van der Waals surface area contributed by atoms with Crippen molar-refractivity contribution in [3.63, 3.8) is 0 Å². The molecule has 0 heterocycles. The van der Waals surface area contributed by atoms with Crippen LogP contribution in [0.1, 0.15) is 6.92 Å². The standard InChI is InChI=1S/C8H14NO/c1-6-8(10)9(4,5)7(2)3/h6H,1-2H2,3-5H3/q+1. The van der Waals surface area contributed by atoms with E-state index in [2.05, 4.69) is 13.2 Å². The Bertz CT molecular complexity index is 180.